The third kappa shape index (κ3) is 5.83. The maximum absolute atomic E-state index is 5.88. The van der Waals surface area contributed by atoms with Gasteiger partial charge in [-0.3, -0.25) is 0 Å². The van der Waals surface area contributed by atoms with Gasteiger partial charge in [0.2, 0.25) is 0 Å². The summed E-state index contributed by atoms with van der Waals surface area (Å²) in [5.74, 6) is 0. The molecule has 0 bridgehead atoms. The molecule has 96 valence electrons. The number of hydrogen-bond acceptors (Lipinski definition) is 3. The van der Waals surface area contributed by atoms with E-state index in [0.29, 0.717) is 18.2 Å². The Balaban J connectivity index is 1.99. The summed E-state index contributed by atoms with van der Waals surface area (Å²) in [4.78, 5) is 0. The van der Waals surface area contributed by atoms with Crippen LogP contribution in [0.3, 0.4) is 0 Å². The van der Waals surface area contributed by atoms with E-state index in [9.17, 15) is 0 Å². The molecule has 2 atom stereocenters. The minimum atomic E-state index is 0.424. The number of hydrogen-bond donors (Lipinski definition) is 1. The van der Waals surface area contributed by atoms with Crippen LogP contribution in [0.2, 0.25) is 0 Å². The van der Waals surface area contributed by atoms with E-state index in [1.54, 1.807) is 7.11 Å². The Hall–Kier alpha value is -0.120. The minimum absolute atomic E-state index is 0.424. The first-order valence-electron chi connectivity index (χ1n) is 6.60. The first-order valence-corrected chi connectivity index (χ1v) is 6.60. The van der Waals surface area contributed by atoms with Crippen molar-refractivity contribution in [3.05, 3.63) is 0 Å². The molecule has 16 heavy (non-hydrogen) atoms. The molecule has 0 amide bonds. The van der Waals surface area contributed by atoms with Gasteiger partial charge in [0.1, 0.15) is 0 Å². The lowest BCUT2D eigenvalue weighted by Gasteiger charge is -2.28. The molecule has 0 saturated heterocycles. The average Bonchev–Trinajstić information content (AvgIpc) is 2.28. The number of ether oxygens (including phenoxy) is 2. The van der Waals surface area contributed by atoms with E-state index in [1.807, 2.05) is 0 Å². The van der Waals surface area contributed by atoms with Gasteiger partial charge >= 0.3 is 0 Å². The van der Waals surface area contributed by atoms with E-state index in [2.05, 4.69) is 19.2 Å². The van der Waals surface area contributed by atoms with Crippen molar-refractivity contribution in [1.82, 2.24) is 5.32 Å². The van der Waals surface area contributed by atoms with Crippen LogP contribution < -0.4 is 5.32 Å². The third-order valence-electron chi connectivity index (χ3n) is 3.14. The van der Waals surface area contributed by atoms with Gasteiger partial charge in [0.05, 0.1) is 12.2 Å². The van der Waals surface area contributed by atoms with E-state index in [-0.39, 0.29) is 0 Å². The van der Waals surface area contributed by atoms with Gasteiger partial charge in [-0.2, -0.15) is 0 Å². The Labute approximate surface area is 99.9 Å². The van der Waals surface area contributed by atoms with Crippen molar-refractivity contribution in [2.45, 2.75) is 64.2 Å². The van der Waals surface area contributed by atoms with Crippen molar-refractivity contribution in [2.75, 3.05) is 20.3 Å². The lowest BCUT2D eigenvalue weighted by molar-refractivity contribution is -0.0298. The van der Waals surface area contributed by atoms with Crippen LogP contribution in [0.1, 0.15) is 46.0 Å². The molecule has 0 heterocycles. The molecule has 1 saturated carbocycles. The van der Waals surface area contributed by atoms with Gasteiger partial charge in [-0.15, -0.1) is 0 Å². The second-order valence-corrected chi connectivity index (χ2v) is 4.98. The van der Waals surface area contributed by atoms with E-state index in [4.69, 9.17) is 9.47 Å². The molecule has 1 fully saturated rings. The molecule has 1 rings (SSSR count). The topological polar surface area (TPSA) is 30.5 Å². The Morgan fingerprint density at radius 1 is 1.25 bits per heavy atom. The summed E-state index contributed by atoms with van der Waals surface area (Å²) < 4.78 is 11.3. The SMILES string of the molecule is COC1CCCC(OCCCNC(C)C)C1. The van der Waals surface area contributed by atoms with Crippen LogP contribution >= 0.6 is 0 Å². The molecule has 3 nitrogen and oxygen atoms in total. The van der Waals surface area contributed by atoms with Gasteiger partial charge < -0.3 is 14.8 Å². The van der Waals surface area contributed by atoms with Crippen molar-refractivity contribution in [3.63, 3.8) is 0 Å². The van der Waals surface area contributed by atoms with Gasteiger partial charge in [0, 0.05) is 19.8 Å². The zero-order valence-corrected chi connectivity index (χ0v) is 11.0. The molecule has 3 heteroatoms. The van der Waals surface area contributed by atoms with Crippen molar-refractivity contribution in [3.8, 4) is 0 Å². The number of methoxy groups -OCH3 is 1. The van der Waals surface area contributed by atoms with E-state index < -0.39 is 0 Å². The molecule has 1 aliphatic carbocycles. The molecule has 0 aromatic heterocycles. The van der Waals surface area contributed by atoms with Gasteiger partial charge in [0.25, 0.3) is 0 Å². The second kappa shape index (κ2) is 8.04. The summed E-state index contributed by atoms with van der Waals surface area (Å²) >= 11 is 0. The first-order chi connectivity index (χ1) is 7.72. The summed E-state index contributed by atoms with van der Waals surface area (Å²) in [6.07, 6.45) is 6.68. The van der Waals surface area contributed by atoms with Gasteiger partial charge in [0.15, 0.2) is 0 Å². The third-order valence-corrected chi connectivity index (χ3v) is 3.14. The van der Waals surface area contributed by atoms with Gasteiger partial charge in [-0.25, -0.2) is 0 Å². The van der Waals surface area contributed by atoms with Crippen LogP contribution in [0.5, 0.6) is 0 Å². The van der Waals surface area contributed by atoms with Crippen molar-refractivity contribution in [2.24, 2.45) is 0 Å². The Kier molecular flexibility index (Phi) is 7.01. The quantitative estimate of drug-likeness (QED) is 0.680. The number of rotatable bonds is 7. The fourth-order valence-corrected chi connectivity index (χ4v) is 2.18. The van der Waals surface area contributed by atoms with Crippen molar-refractivity contribution < 1.29 is 9.47 Å². The zero-order valence-electron chi connectivity index (χ0n) is 11.0. The van der Waals surface area contributed by atoms with Crippen molar-refractivity contribution >= 4 is 0 Å². The van der Waals surface area contributed by atoms with E-state index in [1.165, 1.54) is 19.3 Å². The van der Waals surface area contributed by atoms with Crippen LogP contribution in [0.25, 0.3) is 0 Å². The highest BCUT2D eigenvalue weighted by molar-refractivity contribution is 4.73. The fourth-order valence-electron chi connectivity index (χ4n) is 2.18. The lowest BCUT2D eigenvalue weighted by Crippen LogP contribution is -2.29. The molecule has 2 unspecified atom stereocenters. The molecule has 0 aromatic carbocycles. The molecular weight excluding hydrogens is 202 g/mol. The Morgan fingerprint density at radius 2 is 2.00 bits per heavy atom. The second-order valence-electron chi connectivity index (χ2n) is 4.98. The average molecular weight is 229 g/mol. The van der Waals surface area contributed by atoms with E-state index >= 15 is 0 Å². The maximum atomic E-state index is 5.88. The molecule has 1 aliphatic rings. The van der Waals surface area contributed by atoms with Crippen LogP contribution in [-0.2, 0) is 9.47 Å². The van der Waals surface area contributed by atoms with Crippen molar-refractivity contribution in [1.29, 1.82) is 0 Å². The molecule has 0 aliphatic heterocycles. The predicted molar refractivity (Wildman–Crippen MR) is 66.8 cm³/mol. The molecule has 0 radical (unpaired) electrons. The maximum Gasteiger partial charge on any atom is 0.0599 e. The van der Waals surface area contributed by atoms with Crippen LogP contribution in [0.4, 0.5) is 0 Å². The zero-order chi connectivity index (χ0) is 11.8. The smallest absolute Gasteiger partial charge is 0.0599 e. The summed E-state index contributed by atoms with van der Waals surface area (Å²) in [6, 6.07) is 0.576. The molecule has 0 aromatic rings. The predicted octanol–water partition coefficient (Wildman–Crippen LogP) is 2.35. The first kappa shape index (κ1) is 13.9. The van der Waals surface area contributed by atoms with Gasteiger partial charge in [-0.05, 0) is 38.6 Å². The van der Waals surface area contributed by atoms with Crippen LogP contribution in [0, 0.1) is 0 Å². The van der Waals surface area contributed by atoms with Crippen LogP contribution in [-0.4, -0.2) is 38.5 Å². The Bertz CT molecular complexity index is 173. The monoisotopic (exact) mass is 229 g/mol. The van der Waals surface area contributed by atoms with Gasteiger partial charge in [-0.1, -0.05) is 13.8 Å². The molecular formula is C13H27NO2. The number of nitrogens with one attached hydrogen (secondary N) is 1. The van der Waals surface area contributed by atoms with Crippen LogP contribution in [0.15, 0.2) is 0 Å². The summed E-state index contributed by atoms with van der Waals surface area (Å²) in [5, 5.41) is 3.40. The summed E-state index contributed by atoms with van der Waals surface area (Å²) in [5.41, 5.74) is 0. The molecule has 0 spiro atoms. The highest BCUT2D eigenvalue weighted by Crippen LogP contribution is 2.22. The lowest BCUT2D eigenvalue weighted by atomic mass is 9.95. The standard InChI is InChI=1S/C13H27NO2/c1-11(2)14-8-5-9-16-13-7-4-6-12(10-13)15-3/h11-14H,4-10H2,1-3H3. The van der Waals surface area contributed by atoms with E-state index in [0.717, 1.165) is 26.0 Å². The normalized spacial score (nSPS) is 26.2. The highest BCUT2D eigenvalue weighted by Gasteiger charge is 2.21. The summed E-state index contributed by atoms with van der Waals surface area (Å²) in [7, 11) is 1.81. The highest BCUT2D eigenvalue weighted by atomic mass is 16.5. The minimum Gasteiger partial charge on any atom is -0.381 e. The largest absolute Gasteiger partial charge is 0.381 e. The molecule has 1 N–H and O–H groups in total. The fraction of sp³-hybridized carbons (Fsp3) is 1.00. The summed E-state index contributed by atoms with van der Waals surface area (Å²) in [6.45, 7) is 6.27. The Morgan fingerprint density at radius 3 is 2.69 bits per heavy atom.